The van der Waals surface area contributed by atoms with Crippen molar-refractivity contribution < 1.29 is 9.90 Å². The third-order valence-electron chi connectivity index (χ3n) is 4.07. The topological polar surface area (TPSA) is 42.2 Å². The molecule has 0 saturated carbocycles. The third kappa shape index (κ3) is 2.92. The Hall–Kier alpha value is -2.63. The number of aliphatic carboxylic acids is 1. The molecule has 0 saturated heterocycles. The van der Waals surface area contributed by atoms with Crippen LogP contribution in [0, 0.1) is 0 Å². The molecule has 0 bridgehead atoms. The Morgan fingerprint density at radius 3 is 1.80 bits per heavy atom. The van der Waals surface area contributed by atoms with Gasteiger partial charge in [-0.1, -0.05) is 42.5 Å². The van der Waals surface area contributed by atoms with Crippen molar-refractivity contribution in [2.24, 2.45) is 0 Å². The summed E-state index contributed by atoms with van der Waals surface area (Å²) < 4.78 is 1.94. The van der Waals surface area contributed by atoms with Gasteiger partial charge in [0.1, 0.15) is 0 Å². The predicted octanol–water partition coefficient (Wildman–Crippen LogP) is 5.62. The lowest BCUT2D eigenvalue weighted by atomic mass is 10.1. The van der Waals surface area contributed by atoms with Crippen LogP contribution in [0.4, 0.5) is 0 Å². The van der Waals surface area contributed by atoms with Gasteiger partial charge in [0.2, 0.25) is 0 Å². The van der Waals surface area contributed by atoms with Crippen molar-refractivity contribution in [3.05, 3.63) is 83.1 Å². The molecule has 0 fully saturated rings. The second-order valence-corrected chi connectivity index (χ2v) is 7.48. The van der Waals surface area contributed by atoms with E-state index < -0.39 is 12.0 Å². The molecule has 0 aliphatic rings. The molecule has 1 aromatic carbocycles. The minimum atomic E-state index is -0.863. The molecule has 124 valence electrons. The largest absolute Gasteiger partial charge is 0.479 e. The summed E-state index contributed by atoms with van der Waals surface area (Å²) in [5, 5.41) is 14.0. The number of carboxylic acids is 1. The Labute approximate surface area is 153 Å². The molecule has 0 spiro atoms. The van der Waals surface area contributed by atoms with E-state index in [4.69, 9.17) is 0 Å². The standard InChI is InChI=1S/C20H15NO2S2/c22-20(23)19(14-6-2-1-3-7-14)21-15(17-8-4-12-24-17)10-11-16(21)18-9-5-13-25-18/h1-13,19H,(H,22,23). The molecule has 4 rings (SSSR count). The lowest BCUT2D eigenvalue weighted by Crippen LogP contribution is -2.21. The van der Waals surface area contributed by atoms with Crippen molar-refractivity contribution in [1.29, 1.82) is 0 Å². The van der Waals surface area contributed by atoms with Crippen molar-refractivity contribution >= 4 is 28.6 Å². The maximum atomic E-state index is 12.2. The van der Waals surface area contributed by atoms with E-state index in [2.05, 4.69) is 0 Å². The van der Waals surface area contributed by atoms with Crippen molar-refractivity contribution in [3.63, 3.8) is 0 Å². The van der Waals surface area contributed by atoms with E-state index in [1.165, 1.54) is 0 Å². The molecule has 0 aliphatic carbocycles. The van der Waals surface area contributed by atoms with E-state index in [9.17, 15) is 9.90 Å². The van der Waals surface area contributed by atoms with Gasteiger partial charge in [0.05, 0.1) is 21.1 Å². The molecule has 3 aromatic heterocycles. The summed E-state index contributed by atoms with van der Waals surface area (Å²) in [5.74, 6) is -0.863. The highest BCUT2D eigenvalue weighted by atomic mass is 32.1. The van der Waals surface area contributed by atoms with Crippen molar-refractivity contribution in [2.45, 2.75) is 6.04 Å². The molecule has 1 N–H and O–H groups in total. The molecular formula is C20H15NO2S2. The molecule has 1 unspecified atom stereocenters. The third-order valence-corrected chi connectivity index (χ3v) is 5.86. The highest BCUT2D eigenvalue weighted by Gasteiger charge is 2.27. The average Bonchev–Trinajstić information content (AvgIpc) is 3.37. The Kier molecular flexibility index (Phi) is 4.26. The number of carboxylic acid groups (broad SMARTS) is 1. The van der Waals surface area contributed by atoms with E-state index in [0.29, 0.717) is 0 Å². The van der Waals surface area contributed by atoms with Gasteiger partial charge in [-0.05, 0) is 40.6 Å². The second kappa shape index (κ2) is 6.70. The fourth-order valence-electron chi connectivity index (χ4n) is 3.01. The number of benzene rings is 1. The van der Waals surface area contributed by atoms with Crippen LogP contribution < -0.4 is 0 Å². The van der Waals surface area contributed by atoms with Crippen molar-refractivity contribution in [2.75, 3.05) is 0 Å². The summed E-state index contributed by atoms with van der Waals surface area (Å²) in [6.45, 7) is 0. The highest BCUT2D eigenvalue weighted by molar-refractivity contribution is 7.14. The Balaban J connectivity index is 1.97. The molecule has 3 heterocycles. The monoisotopic (exact) mass is 365 g/mol. The van der Waals surface area contributed by atoms with Gasteiger partial charge in [-0.15, -0.1) is 22.7 Å². The van der Waals surface area contributed by atoms with E-state index in [1.54, 1.807) is 22.7 Å². The minimum Gasteiger partial charge on any atom is -0.479 e. The lowest BCUT2D eigenvalue weighted by Gasteiger charge is -2.21. The van der Waals surface area contributed by atoms with Crippen LogP contribution in [-0.4, -0.2) is 15.6 Å². The normalized spacial score (nSPS) is 12.2. The van der Waals surface area contributed by atoms with Gasteiger partial charge in [0.25, 0.3) is 0 Å². The van der Waals surface area contributed by atoms with Gasteiger partial charge in [-0.2, -0.15) is 0 Å². The van der Waals surface area contributed by atoms with E-state index in [0.717, 1.165) is 26.7 Å². The first-order chi connectivity index (χ1) is 12.3. The van der Waals surface area contributed by atoms with Crippen LogP contribution in [-0.2, 0) is 4.79 Å². The number of aromatic nitrogens is 1. The quantitative estimate of drug-likeness (QED) is 0.499. The number of carbonyl (C=O) groups is 1. The summed E-state index contributed by atoms with van der Waals surface area (Å²) in [5.41, 5.74) is 2.62. The van der Waals surface area contributed by atoms with Crippen LogP contribution in [0.3, 0.4) is 0 Å². The summed E-state index contributed by atoms with van der Waals surface area (Å²) in [6.07, 6.45) is 0. The molecule has 0 amide bonds. The van der Waals surface area contributed by atoms with Gasteiger partial charge in [0, 0.05) is 0 Å². The fraction of sp³-hybridized carbons (Fsp3) is 0.0500. The van der Waals surface area contributed by atoms with E-state index in [-0.39, 0.29) is 0 Å². The zero-order chi connectivity index (χ0) is 17.2. The number of thiophene rings is 2. The van der Waals surface area contributed by atoms with Crippen LogP contribution in [0.25, 0.3) is 21.1 Å². The second-order valence-electron chi connectivity index (χ2n) is 5.58. The highest BCUT2D eigenvalue weighted by Crippen LogP contribution is 2.38. The maximum absolute atomic E-state index is 12.2. The first-order valence-electron chi connectivity index (χ1n) is 7.82. The van der Waals surface area contributed by atoms with Crippen LogP contribution >= 0.6 is 22.7 Å². The van der Waals surface area contributed by atoms with Gasteiger partial charge >= 0.3 is 5.97 Å². The fourth-order valence-corrected chi connectivity index (χ4v) is 4.51. The van der Waals surface area contributed by atoms with Gasteiger partial charge < -0.3 is 9.67 Å². The van der Waals surface area contributed by atoms with Crippen LogP contribution in [0.15, 0.2) is 77.5 Å². The predicted molar refractivity (Wildman–Crippen MR) is 103 cm³/mol. The van der Waals surface area contributed by atoms with Crippen LogP contribution in [0.1, 0.15) is 11.6 Å². The number of nitrogens with zero attached hydrogens (tertiary/aromatic N) is 1. The summed E-state index contributed by atoms with van der Waals surface area (Å²) in [7, 11) is 0. The van der Waals surface area contributed by atoms with E-state index >= 15 is 0 Å². The number of hydrogen-bond acceptors (Lipinski definition) is 3. The Morgan fingerprint density at radius 1 is 0.800 bits per heavy atom. The van der Waals surface area contributed by atoms with Gasteiger partial charge in [-0.3, -0.25) is 0 Å². The molecule has 3 nitrogen and oxygen atoms in total. The number of rotatable bonds is 5. The Morgan fingerprint density at radius 2 is 1.36 bits per heavy atom. The minimum absolute atomic E-state index is 0.766. The summed E-state index contributed by atoms with van der Waals surface area (Å²) in [6, 6.07) is 20.7. The van der Waals surface area contributed by atoms with Crippen molar-refractivity contribution in [3.8, 4) is 21.1 Å². The zero-order valence-corrected chi connectivity index (χ0v) is 14.8. The average molecular weight is 365 g/mol. The summed E-state index contributed by atoms with van der Waals surface area (Å²) in [4.78, 5) is 14.3. The summed E-state index contributed by atoms with van der Waals surface area (Å²) >= 11 is 3.23. The molecule has 0 radical (unpaired) electrons. The molecule has 5 heteroatoms. The van der Waals surface area contributed by atoms with Crippen LogP contribution in [0.5, 0.6) is 0 Å². The molecule has 4 aromatic rings. The first kappa shape index (κ1) is 15.9. The molecular weight excluding hydrogens is 350 g/mol. The smallest absolute Gasteiger partial charge is 0.331 e. The zero-order valence-electron chi connectivity index (χ0n) is 13.2. The van der Waals surface area contributed by atoms with Gasteiger partial charge in [-0.25, -0.2) is 4.79 Å². The Bertz CT molecular complexity index is 919. The molecule has 1 atom stereocenters. The lowest BCUT2D eigenvalue weighted by molar-refractivity contribution is -0.139. The maximum Gasteiger partial charge on any atom is 0.331 e. The SMILES string of the molecule is O=C(O)C(c1ccccc1)n1c(-c2cccs2)ccc1-c1cccs1. The van der Waals surface area contributed by atoms with Gasteiger partial charge in [0.15, 0.2) is 6.04 Å². The molecule has 25 heavy (non-hydrogen) atoms. The van der Waals surface area contributed by atoms with Crippen LogP contribution in [0.2, 0.25) is 0 Å². The van der Waals surface area contributed by atoms with E-state index in [1.807, 2.05) is 82.1 Å². The first-order valence-corrected chi connectivity index (χ1v) is 9.58. The number of hydrogen-bond donors (Lipinski definition) is 1. The molecule has 0 aliphatic heterocycles. The van der Waals surface area contributed by atoms with Crippen molar-refractivity contribution in [1.82, 2.24) is 4.57 Å².